The number of para-hydroxylation sites is 1. The van der Waals surface area contributed by atoms with E-state index in [4.69, 9.17) is 16.2 Å². The largest absolute Gasteiger partial charge is 0.496 e. The first kappa shape index (κ1) is 11.1. The van der Waals surface area contributed by atoms with E-state index in [9.17, 15) is 0 Å². The molecule has 88 valence electrons. The van der Waals surface area contributed by atoms with Gasteiger partial charge in [0.2, 0.25) is 11.9 Å². The Kier molecular flexibility index (Phi) is 3.04. The summed E-state index contributed by atoms with van der Waals surface area (Å²) >= 11 is 0. The average molecular weight is 231 g/mol. The lowest BCUT2D eigenvalue weighted by Crippen LogP contribution is -2.07. The van der Waals surface area contributed by atoms with Crippen LogP contribution in [0.15, 0.2) is 24.3 Å². The quantitative estimate of drug-likeness (QED) is 0.803. The number of aromatic nitrogens is 3. The molecule has 2 rings (SSSR count). The summed E-state index contributed by atoms with van der Waals surface area (Å²) in [5.74, 6) is 1.56. The Balaban J connectivity index is 2.31. The molecule has 4 N–H and O–H groups in total. The third-order valence-electron chi connectivity index (χ3n) is 2.26. The highest BCUT2D eigenvalue weighted by Crippen LogP contribution is 2.19. The smallest absolute Gasteiger partial charge is 0.225 e. The van der Waals surface area contributed by atoms with Crippen LogP contribution < -0.4 is 16.2 Å². The average Bonchev–Trinajstić information content (AvgIpc) is 2.28. The van der Waals surface area contributed by atoms with E-state index in [1.54, 1.807) is 7.11 Å². The Hall–Kier alpha value is -2.37. The topological polar surface area (TPSA) is 99.9 Å². The number of benzene rings is 1. The van der Waals surface area contributed by atoms with Gasteiger partial charge < -0.3 is 16.2 Å². The van der Waals surface area contributed by atoms with E-state index in [1.807, 2.05) is 24.3 Å². The van der Waals surface area contributed by atoms with E-state index < -0.39 is 0 Å². The molecule has 0 aliphatic rings. The second kappa shape index (κ2) is 4.65. The molecular formula is C11H13N5O. The van der Waals surface area contributed by atoms with Gasteiger partial charge in [-0.1, -0.05) is 18.2 Å². The summed E-state index contributed by atoms with van der Waals surface area (Å²) in [7, 11) is 1.62. The summed E-state index contributed by atoms with van der Waals surface area (Å²) < 4.78 is 5.24. The lowest BCUT2D eigenvalue weighted by Gasteiger charge is -2.07. The minimum Gasteiger partial charge on any atom is -0.496 e. The fraction of sp³-hybridized carbons (Fsp3) is 0.182. The standard InChI is InChI=1S/C11H13N5O/c1-17-8-5-3-2-4-7(8)6-9-14-10(12)16-11(13)15-9/h2-5H,6H2,1H3,(H4,12,13,14,15,16). The number of ether oxygens (including phenoxy) is 1. The van der Waals surface area contributed by atoms with Crippen LogP contribution in [0.1, 0.15) is 11.4 Å². The normalized spacial score (nSPS) is 10.2. The van der Waals surface area contributed by atoms with Crippen LogP contribution in [0.4, 0.5) is 11.9 Å². The van der Waals surface area contributed by atoms with Crippen LogP contribution in [0.5, 0.6) is 5.75 Å². The van der Waals surface area contributed by atoms with Gasteiger partial charge in [-0.05, 0) is 6.07 Å². The van der Waals surface area contributed by atoms with Gasteiger partial charge in [-0.15, -0.1) is 0 Å². The molecule has 1 aromatic carbocycles. The highest BCUT2D eigenvalue weighted by Gasteiger charge is 2.07. The summed E-state index contributed by atoms with van der Waals surface area (Å²) in [6.45, 7) is 0. The van der Waals surface area contributed by atoms with Crippen molar-refractivity contribution in [2.75, 3.05) is 18.6 Å². The molecule has 0 aliphatic heterocycles. The second-order valence-electron chi connectivity index (χ2n) is 3.46. The zero-order valence-electron chi connectivity index (χ0n) is 9.42. The zero-order chi connectivity index (χ0) is 12.3. The molecular weight excluding hydrogens is 218 g/mol. The first-order valence-electron chi connectivity index (χ1n) is 5.07. The summed E-state index contributed by atoms with van der Waals surface area (Å²) in [6.07, 6.45) is 0.501. The van der Waals surface area contributed by atoms with Crippen LogP contribution in [-0.4, -0.2) is 22.1 Å². The minimum absolute atomic E-state index is 0.127. The van der Waals surface area contributed by atoms with E-state index in [-0.39, 0.29) is 11.9 Å². The predicted molar refractivity (Wildman–Crippen MR) is 64.5 cm³/mol. The van der Waals surface area contributed by atoms with Gasteiger partial charge >= 0.3 is 0 Å². The van der Waals surface area contributed by atoms with E-state index in [0.29, 0.717) is 12.2 Å². The van der Waals surface area contributed by atoms with E-state index >= 15 is 0 Å². The van der Waals surface area contributed by atoms with E-state index in [2.05, 4.69) is 15.0 Å². The maximum Gasteiger partial charge on any atom is 0.225 e. The summed E-state index contributed by atoms with van der Waals surface area (Å²) in [5, 5.41) is 0. The van der Waals surface area contributed by atoms with Crippen molar-refractivity contribution < 1.29 is 4.74 Å². The summed E-state index contributed by atoms with van der Waals surface area (Å²) in [6, 6.07) is 7.64. The molecule has 0 unspecified atom stereocenters. The number of nitrogen functional groups attached to an aromatic ring is 2. The fourth-order valence-electron chi connectivity index (χ4n) is 1.56. The summed E-state index contributed by atoms with van der Waals surface area (Å²) in [4.78, 5) is 11.8. The highest BCUT2D eigenvalue weighted by molar-refractivity contribution is 5.36. The number of nitrogens with two attached hydrogens (primary N) is 2. The van der Waals surface area contributed by atoms with E-state index in [1.165, 1.54) is 0 Å². The number of anilines is 2. The molecule has 0 amide bonds. The summed E-state index contributed by atoms with van der Waals surface area (Å²) in [5.41, 5.74) is 12.0. The lowest BCUT2D eigenvalue weighted by atomic mass is 10.1. The molecule has 1 heterocycles. The first-order chi connectivity index (χ1) is 8.19. The molecule has 2 aromatic rings. The molecule has 0 fully saturated rings. The van der Waals surface area contributed by atoms with Gasteiger partial charge in [0.15, 0.2) is 0 Å². The first-order valence-corrected chi connectivity index (χ1v) is 5.07. The minimum atomic E-state index is 0.127. The molecule has 17 heavy (non-hydrogen) atoms. The predicted octanol–water partition coefficient (Wildman–Crippen LogP) is 0.635. The van der Waals surface area contributed by atoms with Crippen molar-refractivity contribution in [3.05, 3.63) is 35.7 Å². The fourth-order valence-corrected chi connectivity index (χ4v) is 1.56. The van der Waals surface area contributed by atoms with Gasteiger partial charge in [-0.3, -0.25) is 0 Å². The van der Waals surface area contributed by atoms with Crippen molar-refractivity contribution in [1.82, 2.24) is 15.0 Å². The van der Waals surface area contributed by atoms with Crippen molar-refractivity contribution in [1.29, 1.82) is 0 Å². The number of hydrogen-bond donors (Lipinski definition) is 2. The number of nitrogens with zero attached hydrogens (tertiary/aromatic N) is 3. The van der Waals surface area contributed by atoms with Crippen molar-refractivity contribution >= 4 is 11.9 Å². The van der Waals surface area contributed by atoms with Crippen LogP contribution >= 0.6 is 0 Å². The van der Waals surface area contributed by atoms with Crippen LogP contribution in [0.3, 0.4) is 0 Å². The molecule has 6 heteroatoms. The Morgan fingerprint density at radius 3 is 2.35 bits per heavy atom. The van der Waals surface area contributed by atoms with Crippen LogP contribution in [-0.2, 0) is 6.42 Å². The Morgan fingerprint density at radius 2 is 1.71 bits per heavy atom. The number of hydrogen-bond acceptors (Lipinski definition) is 6. The third-order valence-corrected chi connectivity index (χ3v) is 2.26. The molecule has 0 spiro atoms. The molecule has 0 saturated carbocycles. The third kappa shape index (κ3) is 2.60. The molecule has 1 aromatic heterocycles. The lowest BCUT2D eigenvalue weighted by molar-refractivity contribution is 0.410. The molecule has 0 bridgehead atoms. The zero-order valence-corrected chi connectivity index (χ0v) is 9.42. The maximum absolute atomic E-state index is 5.51. The number of rotatable bonds is 3. The van der Waals surface area contributed by atoms with E-state index in [0.717, 1.165) is 11.3 Å². The second-order valence-corrected chi connectivity index (χ2v) is 3.46. The molecule has 0 aliphatic carbocycles. The van der Waals surface area contributed by atoms with Gasteiger partial charge in [-0.25, -0.2) is 0 Å². The van der Waals surface area contributed by atoms with Crippen LogP contribution in [0.2, 0.25) is 0 Å². The van der Waals surface area contributed by atoms with Crippen LogP contribution in [0.25, 0.3) is 0 Å². The molecule has 6 nitrogen and oxygen atoms in total. The Bertz CT molecular complexity index is 509. The van der Waals surface area contributed by atoms with Gasteiger partial charge in [0.05, 0.1) is 7.11 Å². The van der Waals surface area contributed by atoms with Crippen LogP contribution in [0, 0.1) is 0 Å². The SMILES string of the molecule is COc1ccccc1Cc1nc(N)nc(N)n1. The molecule has 0 radical (unpaired) electrons. The van der Waals surface area contributed by atoms with Crippen molar-refractivity contribution in [2.45, 2.75) is 6.42 Å². The molecule has 0 atom stereocenters. The van der Waals surface area contributed by atoms with Crippen molar-refractivity contribution in [3.8, 4) is 5.75 Å². The number of methoxy groups -OCH3 is 1. The van der Waals surface area contributed by atoms with Crippen molar-refractivity contribution in [2.24, 2.45) is 0 Å². The van der Waals surface area contributed by atoms with Gasteiger partial charge in [0.25, 0.3) is 0 Å². The highest BCUT2D eigenvalue weighted by atomic mass is 16.5. The Morgan fingerprint density at radius 1 is 1.06 bits per heavy atom. The monoisotopic (exact) mass is 231 g/mol. The van der Waals surface area contributed by atoms with Gasteiger partial charge in [0.1, 0.15) is 11.6 Å². The van der Waals surface area contributed by atoms with Gasteiger partial charge in [-0.2, -0.15) is 15.0 Å². The maximum atomic E-state index is 5.51. The molecule has 0 saturated heterocycles. The Labute approximate surface area is 98.7 Å². The van der Waals surface area contributed by atoms with Gasteiger partial charge in [0, 0.05) is 12.0 Å². The van der Waals surface area contributed by atoms with Crippen molar-refractivity contribution in [3.63, 3.8) is 0 Å².